The van der Waals surface area contributed by atoms with Gasteiger partial charge in [-0.05, 0) is 44.7 Å². The van der Waals surface area contributed by atoms with Crippen molar-refractivity contribution in [3.8, 4) is 5.69 Å². The number of para-hydroxylation sites is 1. The fourth-order valence-electron chi connectivity index (χ4n) is 3.20. The smallest absolute Gasteiger partial charge is 0.272 e. The van der Waals surface area contributed by atoms with Crippen molar-refractivity contribution in [3.63, 3.8) is 0 Å². The maximum Gasteiger partial charge on any atom is 0.272 e. The van der Waals surface area contributed by atoms with Crippen molar-refractivity contribution < 1.29 is 4.79 Å². The summed E-state index contributed by atoms with van der Waals surface area (Å²) in [6.45, 7) is 4.18. The van der Waals surface area contributed by atoms with Gasteiger partial charge in [0.2, 0.25) is 0 Å². The number of fused-ring (bicyclic) bond motifs is 1. The number of nitrogens with zero attached hydrogens (tertiary/aromatic N) is 2. The molecule has 0 saturated carbocycles. The highest BCUT2D eigenvalue weighted by molar-refractivity contribution is 5.94. The number of aromatic nitrogens is 2. The molecule has 1 heterocycles. The highest BCUT2D eigenvalue weighted by Gasteiger charge is 2.27. The molecule has 0 bridgehead atoms. The molecule has 1 aromatic heterocycles. The summed E-state index contributed by atoms with van der Waals surface area (Å²) < 4.78 is 1.95. The van der Waals surface area contributed by atoms with Crippen LogP contribution in [0.15, 0.2) is 30.3 Å². The largest absolute Gasteiger partial charge is 0.348 e. The lowest BCUT2D eigenvalue weighted by atomic mass is 10.1. The molecule has 22 heavy (non-hydrogen) atoms. The topological polar surface area (TPSA) is 46.9 Å². The molecule has 0 spiro atoms. The Balaban J connectivity index is 1.92. The van der Waals surface area contributed by atoms with Crippen LogP contribution in [0.3, 0.4) is 0 Å². The molecule has 0 radical (unpaired) electrons. The Morgan fingerprint density at radius 2 is 2.09 bits per heavy atom. The van der Waals surface area contributed by atoms with Crippen LogP contribution in [0.1, 0.15) is 54.9 Å². The summed E-state index contributed by atoms with van der Waals surface area (Å²) >= 11 is 0. The fraction of sp³-hybridized carbons (Fsp3) is 0.444. The molecule has 1 aliphatic rings. The van der Waals surface area contributed by atoms with Crippen LogP contribution >= 0.6 is 0 Å². The van der Waals surface area contributed by atoms with Crippen molar-refractivity contribution in [2.24, 2.45) is 0 Å². The molecule has 1 aliphatic carbocycles. The second-order valence-electron chi connectivity index (χ2n) is 6.04. The first-order chi connectivity index (χ1) is 10.7. The third-order valence-electron chi connectivity index (χ3n) is 4.25. The van der Waals surface area contributed by atoms with Crippen LogP contribution in [0.25, 0.3) is 5.69 Å². The minimum absolute atomic E-state index is 0.0335. The third-order valence-corrected chi connectivity index (χ3v) is 4.25. The maximum atomic E-state index is 12.5. The van der Waals surface area contributed by atoms with E-state index in [0.717, 1.165) is 43.4 Å². The van der Waals surface area contributed by atoms with Gasteiger partial charge in [0.05, 0.1) is 5.69 Å². The van der Waals surface area contributed by atoms with Crippen LogP contribution < -0.4 is 5.32 Å². The Labute approximate surface area is 131 Å². The molecule has 1 aromatic carbocycles. The Morgan fingerprint density at radius 3 is 2.82 bits per heavy atom. The monoisotopic (exact) mass is 297 g/mol. The molecule has 4 nitrogen and oxygen atoms in total. The molecule has 1 amide bonds. The minimum atomic E-state index is -0.0335. The van der Waals surface area contributed by atoms with Crippen LogP contribution in [0, 0.1) is 0 Å². The first kappa shape index (κ1) is 14.8. The molecular formula is C18H23N3O. The summed E-state index contributed by atoms with van der Waals surface area (Å²) in [7, 11) is 0. The second kappa shape index (κ2) is 6.34. The van der Waals surface area contributed by atoms with Gasteiger partial charge in [-0.1, -0.05) is 31.5 Å². The number of hydrogen-bond donors (Lipinski definition) is 1. The Kier molecular flexibility index (Phi) is 4.27. The third kappa shape index (κ3) is 2.78. The molecule has 0 fully saturated rings. The van der Waals surface area contributed by atoms with Crippen molar-refractivity contribution in [2.75, 3.05) is 0 Å². The summed E-state index contributed by atoms with van der Waals surface area (Å²) in [6.07, 6.45) is 5.11. The molecule has 0 saturated heterocycles. The molecule has 1 atom stereocenters. The summed E-state index contributed by atoms with van der Waals surface area (Å²) in [4.78, 5) is 12.5. The predicted molar refractivity (Wildman–Crippen MR) is 87.4 cm³/mol. The van der Waals surface area contributed by atoms with Crippen molar-refractivity contribution in [1.82, 2.24) is 15.1 Å². The molecule has 4 heteroatoms. The van der Waals surface area contributed by atoms with E-state index in [1.54, 1.807) is 0 Å². The molecule has 3 rings (SSSR count). The summed E-state index contributed by atoms with van der Waals surface area (Å²) in [5.41, 5.74) is 3.96. The number of carbonyl (C=O) groups is 1. The summed E-state index contributed by atoms with van der Waals surface area (Å²) in [5.74, 6) is -0.0335. The zero-order valence-corrected chi connectivity index (χ0v) is 13.3. The van der Waals surface area contributed by atoms with Crippen molar-refractivity contribution >= 4 is 5.91 Å². The Morgan fingerprint density at radius 1 is 1.32 bits per heavy atom. The van der Waals surface area contributed by atoms with Gasteiger partial charge in [-0.3, -0.25) is 4.79 Å². The lowest BCUT2D eigenvalue weighted by Gasteiger charge is -2.11. The predicted octanol–water partition coefficient (Wildman–Crippen LogP) is 3.28. The Bertz CT molecular complexity index is 660. The molecule has 1 N–H and O–H groups in total. The van der Waals surface area contributed by atoms with Gasteiger partial charge in [-0.15, -0.1) is 0 Å². The van der Waals surface area contributed by atoms with Crippen LogP contribution in [0.2, 0.25) is 0 Å². The average molecular weight is 297 g/mol. The van der Waals surface area contributed by atoms with E-state index in [2.05, 4.69) is 24.3 Å². The van der Waals surface area contributed by atoms with Gasteiger partial charge >= 0.3 is 0 Å². The summed E-state index contributed by atoms with van der Waals surface area (Å²) in [6, 6.07) is 10.3. The van der Waals surface area contributed by atoms with Crippen LogP contribution in [-0.2, 0) is 12.8 Å². The number of carbonyl (C=O) groups excluding carboxylic acids is 1. The maximum absolute atomic E-state index is 12.5. The molecule has 0 unspecified atom stereocenters. The van der Waals surface area contributed by atoms with Gasteiger partial charge in [0.1, 0.15) is 0 Å². The van der Waals surface area contributed by atoms with Gasteiger partial charge in [-0.2, -0.15) is 5.10 Å². The van der Waals surface area contributed by atoms with Gasteiger partial charge in [-0.25, -0.2) is 4.68 Å². The number of benzene rings is 1. The molecule has 2 aromatic rings. The fourth-order valence-corrected chi connectivity index (χ4v) is 3.20. The van der Waals surface area contributed by atoms with Gasteiger partial charge in [0.15, 0.2) is 5.69 Å². The van der Waals surface area contributed by atoms with E-state index >= 15 is 0 Å². The SMILES string of the molecule is CCC[C@H](C)NC(=O)c1nn(-c2ccccc2)c2c1CCC2. The minimum Gasteiger partial charge on any atom is -0.348 e. The van der Waals surface area contributed by atoms with E-state index in [4.69, 9.17) is 0 Å². The number of amides is 1. The number of nitrogens with one attached hydrogen (secondary N) is 1. The first-order valence-electron chi connectivity index (χ1n) is 8.17. The van der Waals surface area contributed by atoms with Crippen LogP contribution in [-0.4, -0.2) is 21.7 Å². The average Bonchev–Trinajstić information content (AvgIpc) is 3.10. The number of hydrogen-bond acceptors (Lipinski definition) is 2. The van der Waals surface area contributed by atoms with Gasteiger partial charge in [0, 0.05) is 17.3 Å². The highest BCUT2D eigenvalue weighted by Crippen LogP contribution is 2.27. The normalized spacial score (nSPS) is 14.6. The van der Waals surface area contributed by atoms with E-state index < -0.39 is 0 Å². The number of rotatable bonds is 5. The van der Waals surface area contributed by atoms with E-state index in [1.165, 1.54) is 5.69 Å². The standard InChI is InChI=1S/C18H23N3O/c1-3-8-13(2)19-18(22)17-15-11-7-12-16(15)21(20-17)14-9-5-4-6-10-14/h4-6,9-10,13H,3,7-8,11-12H2,1-2H3,(H,19,22)/t13-/m0/s1. The summed E-state index contributed by atoms with van der Waals surface area (Å²) in [5, 5.41) is 7.70. The Hall–Kier alpha value is -2.10. The van der Waals surface area contributed by atoms with Crippen molar-refractivity contribution in [1.29, 1.82) is 0 Å². The first-order valence-corrected chi connectivity index (χ1v) is 8.17. The molecular weight excluding hydrogens is 274 g/mol. The van der Waals surface area contributed by atoms with Crippen LogP contribution in [0.5, 0.6) is 0 Å². The molecule has 0 aliphatic heterocycles. The van der Waals surface area contributed by atoms with E-state index in [-0.39, 0.29) is 11.9 Å². The van der Waals surface area contributed by atoms with E-state index in [1.807, 2.05) is 35.0 Å². The quantitative estimate of drug-likeness (QED) is 0.920. The van der Waals surface area contributed by atoms with Crippen molar-refractivity contribution in [2.45, 2.75) is 52.0 Å². The van der Waals surface area contributed by atoms with Gasteiger partial charge < -0.3 is 5.32 Å². The second-order valence-corrected chi connectivity index (χ2v) is 6.04. The highest BCUT2D eigenvalue weighted by atomic mass is 16.2. The van der Waals surface area contributed by atoms with Gasteiger partial charge in [0.25, 0.3) is 5.91 Å². The lowest BCUT2D eigenvalue weighted by Crippen LogP contribution is -2.33. The van der Waals surface area contributed by atoms with Crippen molar-refractivity contribution in [3.05, 3.63) is 47.3 Å². The lowest BCUT2D eigenvalue weighted by molar-refractivity contribution is 0.0932. The molecule has 116 valence electrons. The van der Waals surface area contributed by atoms with Crippen LogP contribution in [0.4, 0.5) is 0 Å². The zero-order chi connectivity index (χ0) is 15.5. The van der Waals surface area contributed by atoms with E-state index in [0.29, 0.717) is 5.69 Å². The van der Waals surface area contributed by atoms with E-state index in [9.17, 15) is 4.79 Å². The zero-order valence-electron chi connectivity index (χ0n) is 13.3.